The third kappa shape index (κ3) is 1.95. The van der Waals surface area contributed by atoms with E-state index in [4.69, 9.17) is 0 Å². The van der Waals surface area contributed by atoms with E-state index in [9.17, 15) is 18.0 Å². The number of fused-ring (bicyclic) bond motifs is 1. The Kier molecular flexibility index (Phi) is 2.41. The smallest absolute Gasteiger partial charge is 0.334 e. The van der Waals surface area contributed by atoms with Gasteiger partial charge in [-0.05, 0) is 18.9 Å². The minimum Gasteiger partial charge on any atom is -0.334 e. The van der Waals surface area contributed by atoms with Gasteiger partial charge in [0, 0.05) is 26.2 Å². The standard InChI is InChI=1S/C9H13F3N2O/c1-13-2-6-4-14(5-7(6)3-13)8(15)9(10,11)12/h6-7H,2-5H2,1H3. The molecule has 0 aromatic rings. The molecule has 3 nitrogen and oxygen atoms in total. The highest BCUT2D eigenvalue weighted by atomic mass is 19.4. The van der Waals surface area contributed by atoms with Crippen molar-refractivity contribution < 1.29 is 18.0 Å². The average Bonchev–Trinajstić information content (AvgIpc) is 2.57. The van der Waals surface area contributed by atoms with E-state index in [0.717, 1.165) is 18.0 Å². The van der Waals surface area contributed by atoms with E-state index in [2.05, 4.69) is 4.90 Å². The van der Waals surface area contributed by atoms with Crippen LogP contribution in [0.5, 0.6) is 0 Å². The van der Waals surface area contributed by atoms with Gasteiger partial charge in [-0.3, -0.25) is 4.79 Å². The lowest BCUT2D eigenvalue weighted by atomic mass is 10.0. The molecule has 0 bridgehead atoms. The highest BCUT2D eigenvalue weighted by molar-refractivity contribution is 5.82. The Morgan fingerprint density at radius 3 is 2.00 bits per heavy atom. The zero-order valence-corrected chi connectivity index (χ0v) is 8.42. The van der Waals surface area contributed by atoms with E-state index in [0.29, 0.717) is 0 Å². The van der Waals surface area contributed by atoms with Crippen LogP contribution in [0.4, 0.5) is 13.2 Å². The van der Waals surface area contributed by atoms with Crippen LogP contribution >= 0.6 is 0 Å². The molecule has 0 spiro atoms. The van der Waals surface area contributed by atoms with Gasteiger partial charge in [0.15, 0.2) is 0 Å². The SMILES string of the molecule is CN1CC2CN(C(=O)C(F)(F)F)CC2C1. The van der Waals surface area contributed by atoms with E-state index in [1.165, 1.54) is 0 Å². The van der Waals surface area contributed by atoms with E-state index in [-0.39, 0.29) is 24.9 Å². The Hall–Kier alpha value is -0.780. The fourth-order valence-corrected chi connectivity index (χ4v) is 2.57. The van der Waals surface area contributed by atoms with Gasteiger partial charge in [-0.25, -0.2) is 0 Å². The number of nitrogens with zero attached hydrogens (tertiary/aromatic N) is 2. The third-order valence-corrected chi connectivity index (χ3v) is 3.20. The molecule has 2 rings (SSSR count). The predicted octanol–water partition coefficient (Wildman–Crippen LogP) is 0.569. The molecule has 6 heteroatoms. The fraction of sp³-hybridized carbons (Fsp3) is 0.889. The van der Waals surface area contributed by atoms with Gasteiger partial charge in [-0.1, -0.05) is 0 Å². The molecule has 2 fully saturated rings. The summed E-state index contributed by atoms with van der Waals surface area (Å²) >= 11 is 0. The van der Waals surface area contributed by atoms with Crippen molar-refractivity contribution in [2.24, 2.45) is 11.8 Å². The number of hydrogen-bond donors (Lipinski definition) is 0. The summed E-state index contributed by atoms with van der Waals surface area (Å²) in [6, 6.07) is 0. The molecule has 2 aliphatic rings. The normalized spacial score (nSPS) is 32.1. The zero-order valence-electron chi connectivity index (χ0n) is 8.42. The Morgan fingerprint density at radius 2 is 1.60 bits per heavy atom. The number of halogens is 3. The van der Waals surface area contributed by atoms with Gasteiger partial charge in [-0.2, -0.15) is 13.2 Å². The number of hydrogen-bond acceptors (Lipinski definition) is 2. The van der Waals surface area contributed by atoms with Crippen molar-refractivity contribution in [2.45, 2.75) is 6.18 Å². The van der Waals surface area contributed by atoms with Gasteiger partial charge in [0.05, 0.1) is 0 Å². The first-order valence-electron chi connectivity index (χ1n) is 4.92. The second-order valence-electron chi connectivity index (χ2n) is 4.45. The van der Waals surface area contributed by atoms with E-state index >= 15 is 0 Å². The second-order valence-corrected chi connectivity index (χ2v) is 4.45. The molecule has 0 aromatic heterocycles. The molecule has 2 saturated heterocycles. The molecule has 2 heterocycles. The van der Waals surface area contributed by atoms with Gasteiger partial charge in [0.2, 0.25) is 0 Å². The van der Waals surface area contributed by atoms with Crippen molar-refractivity contribution in [1.29, 1.82) is 0 Å². The highest BCUT2D eigenvalue weighted by Crippen LogP contribution is 2.32. The molecule has 0 radical (unpaired) electrons. The van der Waals surface area contributed by atoms with Crippen molar-refractivity contribution >= 4 is 5.91 Å². The Bertz CT molecular complexity index is 265. The van der Waals surface area contributed by atoms with E-state index in [1.54, 1.807) is 0 Å². The van der Waals surface area contributed by atoms with Crippen molar-refractivity contribution in [3.63, 3.8) is 0 Å². The molecule has 15 heavy (non-hydrogen) atoms. The zero-order chi connectivity index (χ0) is 11.2. The number of carbonyl (C=O) groups is 1. The summed E-state index contributed by atoms with van der Waals surface area (Å²) in [5.74, 6) is -1.23. The molecule has 0 saturated carbocycles. The largest absolute Gasteiger partial charge is 0.471 e. The summed E-state index contributed by atoms with van der Waals surface area (Å²) in [5, 5.41) is 0. The molecule has 1 amide bonds. The van der Waals surface area contributed by atoms with Gasteiger partial charge < -0.3 is 9.80 Å². The molecule has 0 aromatic carbocycles. The quantitative estimate of drug-likeness (QED) is 0.598. The topological polar surface area (TPSA) is 23.6 Å². The number of amides is 1. The predicted molar refractivity (Wildman–Crippen MR) is 47.1 cm³/mol. The Balaban J connectivity index is 1.98. The molecule has 2 unspecified atom stereocenters. The summed E-state index contributed by atoms with van der Waals surface area (Å²) < 4.78 is 36.5. The monoisotopic (exact) mass is 222 g/mol. The van der Waals surface area contributed by atoms with Gasteiger partial charge in [0.1, 0.15) is 0 Å². The van der Waals surface area contributed by atoms with Crippen LogP contribution in [0.15, 0.2) is 0 Å². The molecular weight excluding hydrogens is 209 g/mol. The maximum Gasteiger partial charge on any atom is 0.471 e. The maximum absolute atomic E-state index is 12.2. The summed E-state index contributed by atoms with van der Waals surface area (Å²) in [5.41, 5.74) is 0. The molecule has 86 valence electrons. The lowest BCUT2D eigenvalue weighted by Crippen LogP contribution is -2.41. The van der Waals surface area contributed by atoms with Crippen LogP contribution in [0.2, 0.25) is 0 Å². The third-order valence-electron chi connectivity index (χ3n) is 3.20. The molecule has 0 N–H and O–H groups in total. The fourth-order valence-electron chi connectivity index (χ4n) is 2.57. The highest BCUT2D eigenvalue weighted by Gasteiger charge is 2.48. The Morgan fingerprint density at radius 1 is 1.13 bits per heavy atom. The van der Waals surface area contributed by atoms with E-state index in [1.807, 2.05) is 7.05 Å². The molecule has 2 aliphatic heterocycles. The first-order chi connectivity index (χ1) is 6.88. The molecule has 2 atom stereocenters. The summed E-state index contributed by atoms with van der Waals surface area (Å²) in [4.78, 5) is 14.0. The Labute approximate surface area is 85.8 Å². The van der Waals surface area contributed by atoms with Crippen LogP contribution in [-0.2, 0) is 4.79 Å². The molecular formula is C9H13F3N2O. The summed E-state index contributed by atoms with van der Waals surface area (Å²) in [7, 11) is 1.95. The lowest BCUT2D eigenvalue weighted by molar-refractivity contribution is -0.184. The number of rotatable bonds is 0. The van der Waals surface area contributed by atoms with Crippen LogP contribution in [0.25, 0.3) is 0 Å². The minimum atomic E-state index is -4.72. The number of carbonyl (C=O) groups excluding carboxylic acids is 1. The van der Waals surface area contributed by atoms with Crippen LogP contribution in [0, 0.1) is 11.8 Å². The van der Waals surface area contributed by atoms with Crippen LogP contribution in [-0.4, -0.2) is 55.1 Å². The lowest BCUT2D eigenvalue weighted by Gasteiger charge is -2.20. The maximum atomic E-state index is 12.2. The minimum absolute atomic E-state index is 0.223. The summed E-state index contributed by atoms with van der Waals surface area (Å²) in [6.45, 7) is 2.11. The second kappa shape index (κ2) is 3.37. The first-order valence-corrected chi connectivity index (χ1v) is 4.92. The van der Waals surface area contributed by atoms with Gasteiger partial charge in [0.25, 0.3) is 0 Å². The van der Waals surface area contributed by atoms with Crippen molar-refractivity contribution in [3.8, 4) is 0 Å². The van der Waals surface area contributed by atoms with Gasteiger partial charge >= 0.3 is 12.1 Å². The average molecular weight is 222 g/mol. The number of alkyl halides is 3. The number of likely N-dealkylation sites (tertiary alicyclic amines) is 2. The summed E-state index contributed by atoms with van der Waals surface area (Å²) in [6.07, 6.45) is -4.72. The van der Waals surface area contributed by atoms with Crippen molar-refractivity contribution in [3.05, 3.63) is 0 Å². The van der Waals surface area contributed by atoms with E-state index < -0.39 is 12.1 Å². The van der Waals surface area contributed by atoms with Crippen LogP contribution in [0.3, 0.4) is 0 Å². The first kappa shape index (κ1) is 10.7. The van der Waals surface area contributed by atoms with Crippen LogP contribution in [0.1, 0.15) is 0 Å². The van der Waals surface area contributed by atoms with Gasteiger partial charge in [-0.15, -0.1) is 0 Å². The van der Waals surface area contributed by atoms with Crippen molar-refractivity contribution in [1.82, 2.24) is 9.80 Å². The van der Waals surface area contributed by atoms with Crippen molar-refractivity contribution in [2.75, 3.05) is 33.2 Å². The molecule has 0 aliphatic carbocycles. The van der Waals surface area contributed by atoms with Crippen LogP contribution < -0.4 is 0 Å².